The fourth-order valence-corrected chi connectivity index (χ4v) is 2.86. The fourth-order valence-electron chi connectivity index (χ4n) is 2.86. The van der Waals surface area contributed by atoms with Gasteiger partial charge in [0.1, 0.15) is 18.1 Å². The van der Waals surface area contributed by atoms with Crippen molar-refractivity contribution in [1.82, 2.24) is 10.5 Å². The smallest absolute Gasteiger partial charge is 0.264 e. The standard InChI is InChI=1S/C20H18N2O4/c1-13-15(19(22-26-13)14-7-3-2-4-8-14)11-21-20(23)18-12-24-16-9-5-6-10-17(16)25-18/h2-10,18H,11-12H2,1H3,(H,21,23)/t18-/m0/s1. The van der Waals surface area contributed by atoms with Crippen LogP contribution in [0, 0.1) is 6.92 Å². The minimum Gasteiger partial charge on any atom is -0.485 e. The van der Waals surface area contributed by atoms with E-state index in [-0.39, 0.29) is 12.5 Å². The predicted octanol–water partition coefficient (Wildman–Crippen LogP) is 3.11. The second-order valence-corrected chi connectivity index (χ2v) is 6.01. The maximum absolute atomic E-state index is 12.5. The lowest BCUT2D eigenvalue weighted by molar-refractivity contribution is -0.130. The second kappa shape index (κ2) is 6.92. The molecule has 4 rings (SSSR count). The first-order chi connectivity index (χ1) is 12.7. The number of amides is 1. The van der Waals surface area contributed by atoms with Crippen molar-refractivity contribution in [2.45, 2.75) is 19.6 Å². The normalized spacial score (nSPS) is 15.5. The van der Waals surface area contributed by atoms with Crippen molar-refractivity contribution in [2.75, 3.05) is 6.61 Å². The largest absolute Gasteiger partial charge is 0.485 e. The van der Waals surface area contributed by atoms with Crippen molar-refractivity contribution in [3.63, 3.8) is 0 Å². The summed E-state index contributed by atoms with van der Waals surface area (Å²) in [6.07, 6.45) is -0.690. The van der Waals surface area contributed by atoms with E-state index >= 15 is 0 Å². The Morgan fingerprint density at radius 2 is 1.85 bits per heavy atom. The minimum atomic E-state index is -0.690. The Bertz CT molecular complexity index is 921. The average molecular weight is 350 g/mol. The van der Waals surface area contributed by atoms with Gasteiger partial charge in [-0.1, -0.05) is 47.6 Å². The monoisotopic (exact) mass is 350 g/mol. The van der Waals surface area contributed by atoms with E-state index in [4.69, 9.17) is 14.0 Å². The van der Waals surface area contributed by atoms with Crippen LogP contribution < -0.4 is 14.8 Å². The molecule has 1 aromatic heterocycles. The summed E-state index contributed by atoms with van der Waals surface area (Å²) in [4.78, 5) is 12.5. The molecule has 0 saturated heterocycles. The van der Waals surface area contributed by atoms with Crippen LogP contribution in [-0.2, 0) is 11.3 Å². The molecule has 1 amide bonds. The number of fused-ring (bicyclic) bond motifs is 1. The van der Waals surface area contributed by atoms with Gasteiger partial charge < -0.3 is 19.3 Å². The molecule has 0 unspecified atom stereocenters. The van der Waals surface area contributed by atoms with Crippen LogP contribution in [-0.4, -0.2) is 23.8 Å². The molecule has 1 aliphatic heterocycles. The predicted molar refractivity (Wildman–Crippen MR) is 94.9 cm³/mol. The molecule has 2 heterocycles. The van der Waals surface area contributed by atoms with E-state index in [1.165, 1.54) is 0 Å². The summed E-state index contributed by atoms with van der Waals surface area (Å²) in [5, 5.41) is 7.02. The Labute approximate surface area is 150 Å². The summed E-state index contributed by atoms with van der Waals surface area (Å²) in [5.41, 5.74) is 2.52. The van der Waals surface area contributed by atoms with Gasteiger partial charge in [-0.15, -0.1) is 0 Å². The number of ether oxygens (including phenoxy) is 2. The number of aromatic nitrogens is 1. The third-order valence-corrected chi connectivity index (χ3v) is 4.27. The molecule has 0 aliphatic carbocycles. The van der Waals surface area contributed by atoms with Crippen molar-refractivity contribution in [3.8, 4) is 22.8 Å². The molecule has 0 radical (unpaired) electrons. The maximum atomic E-state index is 12.5. The summed E-state index contributed by atoms with van der Waals surface area (Å²) in [7, 11) is 0. The van der Waals surface area contributed by atoms with Crippen LogP contribution in [0.15, 0.2) is 59.1 Å². The first-order valence-electron chi connectivity index (χ1n) is 8.39. The van der Waals surface area contributed by atoms with Crippen LogP contribution in [0.2, 0.25) is 0 Å². The molecule has 6 heteroatoms. The van der Waals surface area contributed by atoms with Gasteiger partial charge in [0.15, 0.2) is 11.5 Å². The number of hydrogen-bond donors (Lipinski definition) is 1. The van der Waals surface area contributed by atoms with E-state index < -0.39 is 6.10 Å². The van der Waals surface area contributed by atoms with Crippen LogP contribution in [0.25, 0.3) is 11.3 Å². The van der Waals surface area contributed by atoms with E-state index in [2.05, 4.69) is 10.5 Å². The van der Waals surface area contributed by atoms with Crippen LogP contribution in [0.5, 0.6) is 11.5 Å². The summed E-state index contributed by atoms with van der Waals surface area (Å²) < 4.78 is 16.6. The number of nitrogens with one attached hydrogen (secondary N) is 1. The molecule has 1 atom stereocenters. The van der Waals surface area contributed by atoms with Gasteiger partial charge in [0, 0.05) is 17.7 Å². The maximum Gasteiger partial charge on any atom is 0.264 e. The van der Waals surface area contributed by atoms with Crippen LogP contribution >= 0.6 is 0 Å². The quantitative estimate of drug-likeness (QED) is 0.783. The molecule has 0 saturated carbocycles. The summed E-state index contributed by atoms with van der Waals surface area (Å²) in [6.45, 7) is 2.31. The third kappa shape index (κ3) is 3.13. The average Bonchev–Trinajstić information content (AvgIpc) is 3.07. The molecule has 6 nitrogen and oxygen atoms in total. The first kappa shape index (κ1) is 16.2. The number of nitrogens with zero attached hydrogens (tertiary/aromatic N) is 1. The molecule has 0 bridgehead atoms. The highest BCUT2D eigenvalue weighted by atomic mass is 16.6. The highest BCUT2D eigenvalue weighted by Crippen LogP contribution is 2.31. The number of carbonyl (C=O) groups is 1. The van der Waals surface area contributed by atoms with Crippen LogP contribution in [0.4, 0.5) is 0 Å². The highest BCUT2D eigenvalue weighted by Gasteiger charge is 2.27. The summed E-state index contributed by atoms with van der Waals surface area (Å²) in [6, 6.07) is 17.0. The lowest BCUT2D eigenvalue weighted by Gasteiger charge is -2.25. The number of rotatable bonds is 4. The molecule has 3 aromatic rings. The number of benzene rings is 2. The van der Waals surface area contributed by atoms with Crippen molar-refractivity contribution >= 4 is 5.91 Å². The van der Waals surface area contributed by atoms with Crippen molar-refractivity contribution < 1.29 is 18.8 Å². The third-order valence-electron chi connectivity index (χ3n) is 4.27. The number of carbonyl (C=O) groups excluding carboxylic acids is 1. The molecule has 1 N–H and O–H groups in total. The number of aryl methyl sites for hydroxylation is 1. The Morgan fingerprint density at radius 3 is 2.65 bits per heavy atom. The SMILES string of the molecule is Cc1onc(-c2ccccc2)c1CNC(=O)[C@@H]1COc2ccccc2O1. The van der Waals surface area contributed by atoms with E-state index in [0.29, 0.717) is 23.8 Å². The summed E-state index contributed by atoms with van der Waals surface area (Å²) >= 11 is 0. The Morgan fingerprint density at radius 1 is 1.12 bits per heavy atom. The second-order valence-electron chi connectivity index (χ2n) is 6.01. The van der Waals surface area contributed by atoms with Gasteiger partial charge in [-0.05, 0) is 19.1 Å². The van der Waals surface area contributed by atoms with Crippen molar-refractivity contribution in [3.05, 3.63) is 65.9 Å². The van der Waals surface area contributed by atoms with E-state index in [9.17, 15) is 4.79 Å². The molecule has 26 heavy (non-hydrogen) atoms. The van der Waals surface area contributed by atoms with E-state index in [1.807, 2.05) is 55.5 Å². The Hall–Kier alpha value is -3.28. The molecular weight excluding hydrogens is 332 g/mol. The lowest BCUT2D eigenvalue weighted by atomic mass is 10.1. The Balaban J connectivity index is 1.45. The zero-order valence-electron chi connectivity index (χ0n) is 14.3. The zero-order chi connectivity index (χ0) is 17.9. The van der Waals surface area contributed by atoms with Crippen molar-refractivity contribution in [1.29, 1.82) is 0 Å². The van der Waals surface area contributed by atoms with Gasteiger partial charge in [-0.2, -0.15) is 0 Å². The van der Waals surface area contributed by atoms with Gasteiger partial charge in [-0.3, -0.25) is 4.79 Å². The van der Waals surface area contributed by atoms with Crippen LogP contribution in [0.1, 0.15) is 11.3 Å². The molecule has 0 spiro atoms. The van der Waals surface area contributed by atoms with E-state index in [0.717, 1.165) is 16.8 Å². The topological polar surface area (TPSA) is 73.6 Å². The molecule has 1 aliphatic rings. The van der Waals surface area contributed by atoms with Gasteiger partial charge >= 0.3 is 0 Å². The molecule has 2 aromatic carbocycles. The summed E-state index contributed by atoms with van der Waals surface area (Å²) in [5.74, 6) is 1.66. The number of hydrogen-bond acceptors (Lipinski definition) is 5. The van der Waals surface area contributed by atoms with Gasteiger partial charge in [0.05, 0.1) is 0 Å². The number of para-hydroxylation sites is 2. The zero-order valence-corrected chi connectivity index (χ0v) is 14.3. The highest BCUT2D eigenvalue weighted by molar-refractivity contribution is 5.82. The van der Waals surface area contributed by atoms with E-state index in [1.54, 1.807) is 6.07 Å². The van der Waals surface area contributed by atoms with Crippen molar-refractivity contribution in [2.24, 2.45) is 0 Å². The molecule has 0 fully saturated rings. The fraction of sp³-hybridized carbons (Fsp3) is 0.200. The lowest BCUT2D eigenvalue weighted by Crippen LogP contribution is -2.43. The molecule has 132 valence electrons. The van der Waals surface area contributed by atoms with Gasteiger partial charge in [0.2, 0.25) is 6.10 Å². The first-order valence-corrected chi connectivity index (χ1v) is 8.39. The molecular formula is C20H18N2O4. The van der Waals surface area contributed by atoms with Gasteiger partial charge in [0.25, 0.3) is 5.91 Å². The van der Waals surface area contributed by atoms with Gasteiger partial charge in [-0.25, -0.2) is 0 Å². The van der Waals surface area contributed by atoms with Crippen LogP contribution in [0.3, 0.4) is 0 Å². The minimum absolute atomic E-state index is 0.178. The Kier molecular flexibility index (Phi) is 4.31.